The Balaban J connectivity index is 1.50. The monoisotopic (exact) mass is 477 g/mol. The van der Waals surface area contributed by atoms with Crippen LogP contribution in [0.4, 0.5) is 4.79 Å². The number of likely N-dealkylation sites (tertiary alicyclic amines) is 1. The Bertz CT molecular complexity index is 1070. The van der Waals surface area contributed by atoms with Crippen molar-refractivity contribution in [3.63, 3.8) is 0 Å². The molecule has 2 aliphatic carbocycles. The van der Waals surface area contributed by atoms with Gasteiger partial charge in [-0.3, -0.25) is 4.79 Å². The third kappa shape index (κ3) is 4.01. The van der Waals surface area contributed by atoms with Crippen LogP contribution in [0, 0.1) is 11.8 Å². The van der Waals surface area contributed by atoms with E-state index in [0.29, 0.717) is 43.6 Å². The number of ketones is 1. The van der Waals surface area contributed by atoms with Gasteiger partial charge in [0.2, 0.25) is 0 Å². The number of nitrogens with zero attached hydrogens (tertiary/aromatic N) is 1. The number of amides is 1. The van der Waals surface area contributed by atoms with Crippen molar-refractivity contribution in [1.82, 2.24) is 4.90 Å². The van der Waals surface area contributed by atoms with Gasteiger partial charge in [-0.25, -0.2) is 4.79 Å². The third-order valence-electron chi connectivity index (χ3n) is 7.72. The summed E-state index contributed by atoms with van der Waals surface area (Å²) in [5.74, 6) is 0.963. The highest BCUT2D eigenvalue weighted by Crippen LogP contribution is 2.46. The molecule has 2 atom stereocenters. The van der Waals surface area contributed by atoms with Gasteiger partial charge in [0.25, 0.3) is 0 Å². The highest BCUT2D eigenvalue weighted by molar-refractivity contribution is 6.89. The lowest BCUT2D eigenvalue weighted by atomic mass is 10.0. The lowest BCUT2D eigenvalue weighted by molar-refractivity contribution is -0.118. The van der Waals surface area contributed by atoms with Gasteiger partial charge >= 0.3 is 6.09 Å². The van der Waals surface area contributed by atoms with E-state index >= 15 is 0 Å². The molecular formula is C27H35NO3Si2. The second kappa shape index (κ2) is 7.67. The normalized spacial score (nSPS) is 22.4. The molecule has 5 rings (SSSR count). The average Bonchev–Trinajstić information content (AvgIpc) is 3.36. The zero-order valence-electron chi connectivity index (χ0n) is 20.7. The van der Waals surface area contributed by atoms with E-state index in [9.17, 15) is 9.59 Å². The van der Waals surface area contributed by atoms with Crippen LogP contribution in [0.5, 0.6) is 0 Å². The first-order valence-electron chi connectivity index (χ1n) is 12.2. The molecule has 0 radical (unpaired) electrons. The quantitative estimate of drug-likeness (QED) is 0.591. The van der Waals surface area contributed by atoms with Gasteiger partial charge in [0, 0.05) is 37.1 Å². The zero-order chi connectivity index (χ0) is 23.7. The topological polar surface area (TPSA) is 46.6 Å². The van der Waals surface area contributed by atoms with Gasteiger partial charge in [0.05, 0.1) is 16.1 Å². The van der Waals surface area contributed by atoms with Gasteiger partial charge < -0.3 is 9.64 Å². The molecule has 2 unspecified atom stereocenters. The Labute approximate surface area is 199 Å². The molecule has 1 saturated carbocycles. The summed E-state index contributed by atoms with van der Waals surface area (Å²) in [5.41, 5.74) is 4.63. The largest absolute Gasteiger partial charge is 0.436 e. The van der Waals surface area contributed by atoms with E-state index in [1.807, 2.05) is 4.90 Å². The Morgan fingerprint density at radius 3 is 1.70 bits per heavy atom. The number of carbonyl (C=O) groups is 2. The molecule has 6 heteroatoms. The minimum absolute atomic E-state index is 0.238. The highest BCUT2D eigenvalue weighted by atomic mass is 28.3. The molecular weight excluding hydrogens is 442 g/mol. The van der Waals surface area contributed by atoms with Crippen molar-refractivity contribution < 1.29 is 14.3 Å². The van der Waals surface area contributed by atoms with Crippen molar-refractivity contribution >= 4 is 38.4 Å². The molecule has 1 amide bonds. The van der Waals surface area contributed by atoms with Crippen molar-refractivity contribution in [2.24, 2.45) is 11.8 Å². The van der Waals surface area contributed by atoms with Crippen LogP contribution in [-0.2, 0) is 9.53 Å². The number of benzene rings is 2. The van der Waals surface area contributed by atoms with Crippen molar-refractivity contribution in [2.75, 3.05) is 13.1 Å². The summed E-state index contributed by atoms with van der Waals surface area (Å²) >= 11 is 0. The van der Waals surface area contributed by atoms with Crippen molar-refractivity contribution in [3.05, 3.63) is 47.5 Å². The van der Waals surface area contributed by atoms with Gasteiger partial charge in [-0.1, -0.05) is 86.1 Å². The minimum Gasteiger partial charge on any atom is -0.436 e. The predicted molar refractivity (Wildman–Crippen MR) is 139 cm³/mol. The lowest BCUT2D eigenvalue weighted by Gasteiger charge is -2.24. The van der Waals surface area contributed by atoms with Crippen LogP contribution in [0.2, 0.25) is 39.3 Å². The van der Waals surface area contributed by atoms with Crippen LogP contribution in [0.3, 0.4) is 0 Å². The highest BCUT2D eigenvalue weighted by Gasteiger charge is 2.43. The fourth-order valence-electron chi connectivity index (χ4n) is 5.67. The lowest BCUT2D eigenvalue weighted by Crippen LogP contribution is -2.38. The van der Waals surface area contributed by atoms with Crippen LogP contribution in [-0.4, -0.2) is 46.0 Å². The molecule has 33 heavy (non-hydrogen) atoms. The van der Waals surface area contributed by atoms with Gasteiger partial charge in [0.15, 0.2) is 6.10 Å². The second-order valence-electron chi connectivity index (χ2n) is 12.2. The molecule has 2 aromatic rings. The maximum absolute atomic E-state index is 13.3. The summed E-state index contributed by atoms with van der Waals surface area (Å²) < 4.78 is 6.31. The summed E-state index contributed by atoms with van der Waals surface area (Å²) in [7, 11) is -3.03. The first-order valence-corrected chi connectivity index (χ1v) is 19.2. The van der Waals surface area contributed by atoms with Crippen molar-refractivity contribution in [3.8, 4) is 11.1 Å². The third-order valence-corrected chi connectivity index (χ3v) is 11.8. The minimum atomic E-state index is -1.51. The van der Waals surface area contributed by atoms with E-state index < -0.39 is 16.1 Å². The fraction of sp³-hybridized carbons (Fsp3) is 0.481. The molecule has 4 nitrogen and oxygen atoms in total. The van der Waals surface area contributed by atoms with E-state index in [-0.39, 0.29) is 12.2 Å². The molecule has 3 aliphatic rings. The van der Waals surface area contributed by atoms with E-state index in [1.54, 1.807) is 0 Å². The standard InChI is InChI=1S/C27H35NO3Si2/c1-32(2,3)20-7-9-22-23-10-8-21(33(4,5)6)14-25(23)26(24(22)13-20)31-27(30)28-15-17-11-19(29)12-18(17)16-28/h7-10,13-14,17-18,26H,11-12,15-16H2,1-6H3. The fourth-order valence-corrected chi connectivity index (χ4v) is 8.01. The van der Waals surface area contributed by atoms with Crippen LogP contribution < -0.4 is 10.4 Å². The zero-order valence-corrected chi connectivity index (χ0v) is 22.7. The van der Waals surface area contributed by atoms with Crippen molar-refractivity contribution in [2.45, 2.75) is 58.2 Å². The van der Waals surface area contributed by atoms with Crippen molar-refractivity contribution in [1.29, 1.82) is 0 Å². The first kappa shape index (κ1) is 22.6. The number of ether oxygens (including phenoxy) is 1. The Hall–Kier alpha value is -2.19. The summed E-state index contributed by atoms with van der Waals surface area (Å²) in [6.07, 6.45) is 0.625. The summed E-state index contributed by atoms with van der Waals surface area (Å²) in [6, 6.07) is 13.6. The Kier molecular flexibility index (Phi) is 5.25. The molecule has 2 aromatic carbocycles. The number of hydrogen-bond donors (Lipinski definition) is 0. The molecule has 1 aliphatic heterocycles. The van der Waals surface area contributed by atoms with E-state index in [0.717, 1.165) is 11.1 Å². The van der Waals surface area contributed by atoms with Gasteiger partial charge in [-0.15, -0.1) is 0 Å². The maximum Gasteiger partial charge on any atom is 0.410 e. The van der Waals surface area contributed by atoms with Crippen LogP contribution >= 0.6 is 0 Å². The molecule has 0 aromatic heterocycles. The summed E-state index contributed by atoms with van der Waals surface area (Å²) in [4.78, 5) is 27.0. The van der Waals surface area contributed by atoms with Gasteiger partial charge in [0.1, 0.15) is 5.78 Å². The molecule has 0 bridgehead atoms. The van der Waals surface area contributed by atoms with Crippen LogP contribution in [0.1, 0.15) is 30.1 Å². The van der Waals surface area contributed by atoms with Gasteiger partial charge in [-0.05, 0) is 23.0 Å². The average molecular weight is 478 g/mol. The maximum atomic E-state index is 13.3. The first-order chi connectivity index (χ1) is 15.4. The SMILES string of the molecule is C[Si](C)(C)c1ccc2c(c1)C(OC(=O)N1CC3CC(=O)CC3C1)c1cc([Si](C)(C)C)ccc1-2. The van der Waals surface area contributed by atoms with E-state index in [1.165, 1.54) is 21.5 Å². The van der Waals surface area contributed by atoms with E-state index in [4.69, 9.17) is 4.74 Å². The van der Waals surface area contributed by atoms with Crippen LogP contribution in [0.25, 0.3) is 11.1 Å². The number of Topliss-reactive ketones (excluding diaryl/α,β-unsaturated/α-hetero) is 1. The molecule has 0 N–H and O–H groups in total. The molecule has 0 spiro atoms. The molecule has 1 heterocycles. The van der Waals surface area contributed by atoms with Gasteiger partial charge in [-0.2, -0.15) is 0 Å². The summed E-state index contributed by atoms with van der Waals surface area (Å²) in [6.45, 7) is 15.4. The number of fused-ring (bicyclic) bond motifs is 4. The molecule has 174 valence electrons. The smallest absolute Gasteiger partial charge is 0.410 e. The number of rotatable bonds is 3. The number of hydrogen-bond acceptors (Lipinski definition) is 3. The van der Waals surface area contributed by atoms with E-state index in [2.05, 4.69) is 75.7 Å². The second-order valence-corrected chi connectivity index (χ2v) is 22.4. The number of carbonyl (C=O) groups excluding carboxylic acids is 2. The predicted octanol–water partition coefficient (Wildman–Crippen LogP) is 4.89. The molecule has 1 saturated heterocycles. The Morgan fingerprint density at radius 1 is 0.818 bits per heavy atom. The van der Waals surface area contributed by atoms with Crippen LogP contribution in [0.15, 0.2) is 36.4 Å². The Morgan fingerprint density at radius 2 is 1.27 bits per heavy atom. The molecule has 2 fully saturated rings. The summed E-state index contributed by atoms with van der Waals surface area (Å²) in [5, 5.41) is 2.77.